The van der Waals surface area contributed by atoms with Gasteiger partial charge in [0.25, 0.3) is 0 Å². The lowest BCUT2D eigenvalue weighted by Gasteiger charge is -2.04. The van der Waals surface area contributed by atoms with Crippen molar-refractivity contribution in [1.82, 2.24) is 0 Å². The molecule has 66 valence electrons. The number of fused-ring (bicyclic) bond motifs is 1. The normalized spacial score (nSPS) is 10.2. The van der Waals surface area contributed by atoms with E-state index in [9.17, 15) is 5.11 Å². The topological polar surface area (TPSA) is 29.5 Å². The van der Waals surface area contributed by atoms with E-state index in [0.29, 0.717) is 5.75 Å². The van der Waals surface area contributed by atoms with Crippen LogP contribution in [-0.4, -0.2) is 12.2 Å². The molecular formula is C11H10O2. The number of benzene rings is 2. The molecule has 13 heavy (non-hydrogen) atoms. The number of methoxy groups -OCH3 is 1. The Labute approximate surface area is 76.4 Å². The molecule has 2 rings (SSSR count). The number of phenols is 1. The molecule has 2 aromatic rings. The van der Waals surface area contributed by atoms with E-state index in [1.807, 2.05) is 30.3 Å². The van der Waals surface area contributed by atoms with E-state index in [1.54, 1.807) is 13.2 Å². The van der Waals surface area contributed by atoms with Crippen molar-refractivity contribution in [2.75, 3.05) is 7.11 Å². The lowest BCUT2D eigenvalue weighted by molar-refractivity contribution is 0.409. The lowest BCUT2D eigenvalue weighted by Crippen LogP contribution is -1.82. The van der Waals surface area contributed by atoms with Gasteiger partial charge in [0.1, 0.15) is 11.5 Å². The average Bonchev–Trinajstić information content (AvgIpc) is 2.18. The van der Waals surface area contributed by atoms with Gasteiger partial charge in [0.2, 0.25) is 0 Å². The fraction of sp³-hybridized carbons (Fsp3) is 0.0909. The molecule has 0 aliphatic heterocycles. The molecule has 0 saturated heterocycles. The monoisotopic (exact) mass is 174 g/mol. The number of ether oxygens (including phenoxy) is 1. The van der Waals surface area contributed by atoms with Gasteiger partial charge >= 0.3 is 0 Å². The maximum Gasteiger partial charge on any atom is 0.127 e. The summed E-state index contributed by atoms with van der Waals surface area (Å²) in [6.45, 7) is 0. The van der Waals surface area contributed by atoms with E-state index >= 15 is 0 Å². The van der Waals surface area contributed by atoms with Crippen LogP contribution in [0.5, 0.6) is 11.5 Å². The lowest BCUT2D eigenvalue weighted by atomic mass is 10.1. The Morgan fingerprint density at radius 1 is 1.15 bits per heavy atom. The zero-order valence-electron chi connectivity index (χ0n) is 7.32. The summed E-state index contributed by atoms with van der Waals surface area (Å²) >= 11 is 0. The van der Waals surface area contributed by atoms with Crippen molar-refractivity contribution in [1.29, 1.82) is 0 Å². The third kappa shape index (κ3) is 1.31. The smallest absolute Gasteiger partial charge is 0.127 e. The molecule has 2 aromatic carbocycles. The summed E-state index contributed by atoms with van der Waals surface area (Å²) in [5.41, 5.74) is 0. The minimum absolute atomic E-state index is 0.259. The highest BCUT2D eigenvalue weighted by Gasteiger charge is 2.01. The zero-order chi connectivity index (χ0) is 9.26. The summed E-state index contributed by atoms with van der Waals surface area (Å²) in [6.07, 6.45) is 0. The molecule has 0 spiro atoms. The summed E-state index contributed by atoms with van der Waals surface area (Å²) in [5.74, 6) is 0.936. The molecule has 0 bridgehead atoms. The summed E-state index contributed by atoms with van der Waals surface area (Å²) in [4.78, 5) is 0. The fourth-order valence-corrected chi connectivity index (χ4v) is 1.38. The van der Waals surface area contributed by atoms with Crippen molar-refractivity contribution in [3.63, 3.8) is 0 Å². The minimum atomic E-state index is 0.259. The number of hydrogen-bond acceptors (Lipinski definition) is 2. The summed E-state index contributed by atoms with van der Waals surface area (Å²) in [6, 6.07) is 11.2. The molecule has 0 amide bonds. The van der Waals surface area contributed by atoms with Crippen LogP contribution in [0.2, 0.25) is 0 Å². The predicted molar refractivity (Wildman–Crippen MR) is 52.2 cm³/mol. The van der Waals surface area contributed by atoms with Gasteiger partial charge in [-0.05, 0) is 11.5 Å². The van der Waals surface area contributed by atoms with E-state index in [1.165, 1.54) is 0 Å². The molecule has 0 saturated carbocycles. The Kier molecular flexibility index (Phi) is 1.81. The van der Waals surface area contributed by atoms with Gasteiger partial charge in [-0.25, -0.2) is 0 Å². The molecule has 0 heterocycles. The largest absolute Gasteiger partial charge is 0.507 e. The second-order valence-electron chi connectivity index (χ2n) is 2.87. The molecule has 0 unspecified atom stereocenters. The maximum absolute atomic E-state index is 9.60. The second kappa shape index (κ2) is 2.98. The molecule has 0 atom stereocenters. The molecule has 2 heteroatoms. The Bertz CT molecular complexity index is 435. The Balaban J connectivity index is 2.77. The number of aromatic hydroxyl groups is 1. The predicted octanol–water partition coefficient (Wildman–Crippen LogP) is 2.55. The Hall–Kier alpha value is -1.70. The molecule has 0 aliphatic carbocycles. The van der Waals surface area contributed by atoms with Gasteiger partial charge < -0.3 is 9.84 Å². The van der Waals surface area contributed by atoms with E-state index in [-0.39, 0.29) is 5.75 Å². The van der Waals surface area contributed by atoms with Crippen molar-refractivity contribution in [2.24, 2.45) is 0 Å². The van der Waals surface area contributed by atoms with Gasteiger partial charge in [-0.1, -0.05) is 24.3 Å². The van der Waals surface area contributed by atoms with Crippen LogP contribution in [0.4, 0.5) is 0 Å². The average molecular weight is 174 g/mol. The Morgan fingerprint density at radius 2 is 1.92 bits per heavy atom. The van der Waals surface area contributed by atoms with E-state index in [0.717, 1.165) is 10.8 Å². The van der Waals surface area contributed by atoms with Crippen LogP contribution in [0, 0.1) is 0 Å². The molecule has 0 radical (unpaired) electrons. The van der Waals surface area contributed by atoms with E-state index < -0.39 is 0 Å². The van der Waals surface area contributed by atoms with Crippen LogP contribution >= 0.6 is 0 Å². The van der Waals surface area contributed by atoms with Crippen LogP contribution in [0.3, 0.4) is 0 Å². The first-order chi connectivity index (χ1) is 6.31. The molecule has 0 aliphatic rings. The van der Waals surface area contributed by atoms with Crippen molar-refractivity contribution >= 4 is 10.8 Å². The third-order valence-corrected chi connectivity index (χ3v) is 2.05. The SMILES string of the molecule is COc1cc(O)c2ccccc2c1. The van der Waals surface area contributed by atoms with Crippen LogP contribution in [-0.2, 0) is 0 Å². The molecule has 0 aromatic heterocycles. The highest BCUT2D eigenvalue weighted by atomic mass is 16.5. The number of phenolic OH excluding ortho intramolecular Hbond substituents is 1. The van der Waals surface area contributed by atoms with Gasteiger partial charge in [-0.3, -0.25) is 0 Å². The molecule has 2 nitrogen and oxygen atoms in total. The number of hydrogen-bond donors (Lipinski definition) is 1. The van der Waals surface area contributed by atoms with Gasteiger partial charge in [-0.15, -0.1) is 0 Å². The van der Waals surface area contributed by atoms with Crippen molar-refractivity contribution in [3.8, 4) is 11.5 Å². The quantitative estimate of drug-likeness (QED) is 0.719. The highest BCUT2D eigenvalue weighted by molar-refractivity contribution is 5.89. The summed E-state index contributed by atoms with van der Waals surface area (Å²) in [7, 11) is 1.59. The first-order valence-corrected chi connectivity index (χ1v) is 4.07. The van der Waals surface area contributed by atoms with Gasteiger partial charge in [0.05, 0.1) is 7.11 Å². The van der Waals surface area contributed by atoms with Gasteiger partial charge in [0, 0.05) is 11.5 Å². The Morgan fingerprint density at radius 3 is 2.69 bits per heavy atom. The zero-order valence-corrected chi connectivity index (χ0v) is 7.32. The fourth-order valence-electron chi connectivity index (χ4n) is 1.38. The number of rotatable bonds is 1. The van der Waals surface area contributed by atoms with Crippen LogP contribution in [0.1, 0.15) is 0 Å². The standard InChI is InChI=1S/C11H10O2/c1-13-9-6-8-4-2-3-5-10(8)11(12)7-9/h2-7,12H,1H3. The van der Waals surface area contributed by atoms with Crippen LogP contribution < -0.4 is 4.74 Å². The first kappa shape index (κ1) is 7.92. The minimum Gasteiger partial charge on any atom is -0.507 e. The van der Waals surface area contributed by atoms with Gasteiger partial charge in [0.15, 0.2) is 0 Å². The van der Waals surface area contributed by atoms with Crippen molar-refractivity contribution < 1.29 is 9.84 Å². The third-order valence-electron chi connectivity index (χ3n) is 2.05. The van der Waals surface area contributed by atoms with E-state index in [2.05, 4.69) is 0 Å². The van der Waals surface area contributed by atoms with Crippen LogP contribution in [0.15, 0.2) is 36.4 Å². The molecule has 0 fully saturated rings. The molecular weight excluding hydrogens is 164 g/mol. The maximum atomic E-state index is 9.60. The summed E-state index contributed by atoms with van der Waals surface area (Å²) in [5, 5.41) is 11.4. The van der Waals surface area contributed by atoms with E-state index in [4.69, 9.17) is 4.74 Å². The highest BCUT2D eigenvalue weighted by Crippen LogP contribution is 2.29. The molecule has 1 N–H and O–H groups in total. The van der Waals surface area contributed by atoms with Crippen molar-refractivity contribution in [3.05, 3.63) is 36.4 Å². The first-order valence-electron chi connectivity index (χ1n) is 4.07. The van der Waals surface area contributed by atoms with Crippen molar-refractivity contribution in [2.45, 2.75) is 0 Å². The summed E-state index contributed by atoms with van der Waals surface area (Å²) < 4.78 is 5.04. The van der Waals surface area contributed by atoms with Gasteiger partial charge in [-0.2, -0.15) is 0 Å². The van der Waals surface area contributed by atoms with Crippen LogP contribution in [0.25, 0.3) is 10.8 Å². The second-order valence-corrected chi connectivity index (χ2v) is 2.87.